The molecule has 0 aliphatic rings. The maximum atomic E-state index is 12.4. The monoisotopic (exact) mass is 349 g/mol. The van der Waals surface area contributed by atoms with Gasteiger partial charge in [-0.25, -0.2) is 4.98 Å². The average Bonchev–Trinajstić information content (AvgIpc) is 3.12. The maximum absolute atomic E-state index is 12.4. The molecule has 0 spiro atoms. The van der Waals surface area contributed by atoms with Gasteiger partial charge in [-0.1, -0.05) is 44.2 Å². The highest BCUT2D eigenvalue weighted by molar-refractivity contribution is 5.91. The Hall–Kier alpha value is -2.99. The number of anilines is 1. The average molecular weight is 349 g/mol. The quantitative estimate of drug-likeness (QED) is 0.636. The van der Waals surface area contributed by atoms with E-state index in [1.54, 1.807) is 0 Å². The zero-order valence-corrected chi connectivity index (χ0v) is 15.0. The smallest absolute Gasteiger partial charge is 0.225 e. The first-order valence-corrected chi connectivity index (χ1v) is 8.55. The summed E-state index contributed by atoms with van der Waals surface area (Å²) in [6.07, 6.45) is 0.402. The molecule has 134 valence electrons. The molecule has 1 aromatic heterocycles. The molecular formula is C20H23N5O. The van der Waals surface area contributed by atoms with Crippen molar-refractivity contribution in [2.75, 3.05) is 5.32 Å². The minimum Gasteiger partial charge on any atom is -0.326 e. The van der Waals surface area contributed by atoms with E-state index < -0.39 is 0 Å². The van der Waals surface area contributed by atoms with Crippen molar-refractivity contribution in [3.63, 3.8) is 0 Å². The Morgan fingerprint density at radius 3 is 2.42 bits per heavy atom. The summed E-state index contributed by atoms with van der Waals surface area (Å²) in [5.74, 6) is 1.21. The number of nitrogens with zero attached hydrogens (tertiary/aromatic N) is 2. The first-order chi connectivity index (χ1) is 12.5. The molecule has 0 bridgehead atoms. The maximum Gasteiger partial charge on any atom is 0.225 e. The summed E-state index contributed by atoms with van der Waals surface area (Å²) in [6.45, 7) is 4.46. The molecule has 3 aromatic rings. The van der Waals surface area contributed by atoms with Crippen LogP contribution < -0.4 is 11.1 Å². The lowest BCUT2D eigenvalue weighted by Gasteiger charge is -2.24. The number of carbonyl (C=O) groups is 1. The van der Waals surface area contributed by atoms with Gasteiger partial charge in [0, 0.05) is 17.7 Å². The molecular weight excluding hydrogens is 326 g/mol. The molecule has 0 radical (unpaired) electrons. The number of amides is 1. The van der Waals surface area contributed by atoms with E-state index in [-0.39, 0.29) is 11.3 Å². The predicted octanol–water partition coefficient (Wildman–Crippen LogP) is 3.24. The Morgan fingerprint density at radius 2 is 1.81 bits per heavy atom. The standard InChI is InChI=1S/C20H23N5O/c1-20(2,15-6-4-3-5-7-15)12-18(26)22-16-10-8-14(9-11-16)19-23-17(13-21)24-25-19/h3-11H,12-13,21H2,1-2H3,(H,22,26)(H,23,24,25). The Balaban J connectivity index is 1.64. The topological polar surface area (TPSA) is 96.7 Å². The molecule has 0 fully saturated rings. The Morgan fingerprint density at radius 1 is 1.12 bits per heavy atom. The van der Waals surface area contributed by atoms with E-state index in [0.717, 1.165) is 16.8 Å². The van der Waals surface area contributed by atoms with E-state index in [1.807, 2.05) is 42.5 Å². The Labute approximate surface area is 152 Å². The van der Waals surface area contributed by atoms with Gasteiger partial charge in [-0.05, 0) is 35.2 Å². The number of carbonyl (C=O) groups excluding carboxylic acids is 1. The van der Waals surface area contributed by atoms with Crippen molar-refractivity contribution >= 4 is 11.6 Å². The number of aromatic nitrogens is 3. The third-order valence-corrected chi connectivity index (χ3v) is 4.31. The van der Waals surface area contributed by atoms with Gasteiger partial charge >= 0.3 is 0 Å². The van der Waals surface area contributed by atoms with Gasteiger partial charge in [0.25, 0.3) is 0 Å². The number of nitrogens with two attached hydrogens (primary N) is 1. The van der Waals surface area contributed by atoms with E-state index in [0.29, 0.717) is 24.6 Å². The number of H-pyrrole nitrogens is 1. The molecule has 0 atom stereocenters. The van der Waals surface area contributed by atoms with Gasteiger partial charge in [-0.15, -0.1) is 0 Å². The minimum absolute atomic E-state index is 0.0186. The second kappa shape index (κ2) is 7.49. The van der Waals surface area contributed by atoms with Crippen molar-refractivity contribution < 1.29 is 4.79 Å². The molecule has 6 nitrogen and oxygen atoms in total. The van der Waals surface area contributed by atoms with E-state index >= 15 is 0 Å². The third-order valence-electron chi connectivity index (χ3n) is 4.31. The molecule has 0 aliphatic carbocycles. The summed E-state index contributed by atoms with van der Waals surface area (Å²) >= 11 is 0. The molecule has 6 heteroatoms. The zero-order chi connectivity index (χ0) is 18.6. The lowest BCUT2D eigenvalue weighted by atomic mass is 9.81. The largest absolute Gasteiger partial charge is 0.326 e. The van der Waals surface area contributed by atoms with Crippen molar-refractivity contribution in [2.24, 2.45) is 5.73 Å². The van der Waals surface area contributed by atoms with Gasteiger partial charge in [0.2, 0.25) is 5.91 Å². The van der Waals surface area contributed by atoms with Crippen molar-refractivity contribution in [1.82, 2.24) is 15.2 Å². The molecule has 2 aromatic carbocycles. The highest BCUT2D eigenvalue weighted by Gasteiger charge is 2.24. The van der Waals surface area contributed by atoms with E-state index in [2.05, 4.69) is 46.5 Å². The van der Waals surface area contributed by atoms with Crippen LogP contribution in [0.15, 0.2) is 54.6 Å². The number of hydrogen-bond acceptors (Lipinski definition) is 4. The highest BCUT2D eigenvalue weighted by Crippen LogP contribution is 2.27. The number of hydrogen-bond donors (Lipinski definition) is 3. The van der Waals surface area contributed by atoms with E-state index in [4.69, 9.17) is 5.73 Å². The van der Waals surface area contributed by atoms with Crippen LogP contribution in [0.5, 0.6) is 0 Å². The van der Waals surface area contributed by atoms with Crippen LogP contribution in [-0.2, 0) is 16.8 Å². The fraction of sp³-hybridized carbons (Fsp3) is 0.250. The van der Waals surface area contributed by atoms with Crippen molar-refractivity contribution in [1.29, 1.82) is 0 Å². The summed E-state index contributed by atoms with van der Waals surface area (Å²) in [5.41, 5.74) is 8.05. The molecule has 0 unspecified atom stereocenters. The minimum atomic E-state index is -0.233. The number of nitrogens with one attached hydrogen (secondary N) is 2. The van der Waals surface area contributed by atoms with E-state index in [9.17, 15) is 4.79 Å². The first-order valence-electron chi connectivity index (χ1n) is 8.55. The fourth-order valence-corrected chi connectivity index (χ4v) is 2.82. The molecule has 26 heavy (non-hydrogen) atoms. The lowest BCUT2D eigenvalue weighted by molar-refractivity contribution is -0.117. The van der Waals surface area contributed by atoms with Crippen LogP contribution in [0, 0.1) is 0 Å². The van der Waals surface area contributed by atoms with Crippen LogP contribution in [0.3, 0.4) is 0 Å². The molecule has 0 saturated heterocycles. The predicted molar refractivity (Wildman–Crippen MR) is 102 cm³/mol. The van der Waals surface area contributed by atoms with Crippen LogP contribution in [0.2, 0.25) is 0 Å². The second-order valence-corrected chi connectivity index (χ2v) is 6.86. The van der Waals surface area contributed by atoms with Gasteiger partial charge in [0.05, 0.1) is 6.54 Å². The summed E-state index contributed by atoms with van der Waals surface area (Å²) in [6, 6.07) is 17.5. The molecule has 3 rings (SSSR count). The molecule has 1 heterocycles. The third kappa shape index (κ3) is 4.15. The lowest BCUT2D eigenvalue weighted by Crippen LogP contribution is -2.25. The summed E-state index contributed by atoms with van der Waals surface area (Å²) in [4.78, 5) is 16.7. The van der Waals surface area contributed by atoms with Crippen LogP contribution in [0.4, 0.5) is 5.69 Å². The molecule has 4 N–H and O–H groups in total. The van der Waals surface area contributed by atoms with Gasteiger partial charge in [-0.2, -0.15) is 5.10 Å². The van der Waals surface area contributed by atoms with Gasteiger partial charge in [0.1, 0.15) is 5.82 Å². The molecule has 0 aliphatic heterocycles. The van der Waals surface area contributed by atoms with Gasteiger partial charge < -0.3 is 11.1 Å². The van der Waals surface area contributed by atoms with Crippen LogP contribution >= 0.6 is 0 Å². The highest BCUT2D eigenvalue weighted by atomic mass is 16.1. The normalized spacial score (nSPS) is 11.3. The van der Waals surface area contributed by atoms with Crippen molar-refractivity contribution in [3.8, 4) is 11.4 Å². The van der Waals surface area contributed by atoms with E-state index in [1.165, 1.54) is 0 Å². The Kier molecular flexibility index (Phi) is 5.14. The first kappa shape index (κ1) is 17.8. The zero-order valence-electron chi connectivity index (χ0n) is 15.0. The number of aromatic amines is 1. The summed E-state index contributed by atoms with van der Waals surface area (Å²) in [7, 11) is 0. The number of benzene rings is 2. The molecule has 0 saturated carbocycles. The number of rotatable bonds is 6. The van der Waals surface area contributed by atoms with Crippen molar-refractivity contribution in [2.45, 2.75) is 32.2 Å². The SMILES string of the molecule is CC(C)(CC(=O)Nc1ccc(-c2n[nH]c(CN)n2)cc1)c1ccccc1. The van der Waals surface area contributed by atoms with Gasteiger partial charge in [-0.3, -0.25) is 9.89 Å². The second-order valence-electron chi connectivity index (χ2n) is 6.86. The molecule has 1 amide bonds. The van der Waals surface area contributed by atoms with Crippen LogP contribution in [0.25, 0.3) is 11.4 Å². The van der Waals surface area contributed by atoms with Gasteiger partial charge in [0.15, 0.2) is 5.82 Å². The van der Waals surface area contributed by atoms with Crippen LogP contribution in [0.1, 0.15) is 31.7 Å². The summed E-state index contributed by atoms with van der Waals surface area (Å²) in [5, 5.41) is 9.87. The van der Waals surface area contributed by atoms with Crippen molar-refractivity contribution in [3.05, 3.63) is 66.0 Å². The Bertz CT molecular complexity index is 869. The fourth-order valence-electron chi connectivity index (χ4n) is 2.82. The van der Waals surface area contributed by atoms with Crippen LogP contribution in [-0.4, -0.2) is 21.1 Å². The summed E-state index contributed by atoms with van der Waals surface area (Å²) < 4.78 is 0.